The molecule has 0 spiro atoms. The molecule has 4 rings (SSSR count). The SMILES string of the molecule is COC.N#Cc1ccn2c(-c3cncc(NC4CCNC4)n3)cnc2c1. The van der Waals surface area contributed by atoms with Gasteiger partial charge in [0.15, 0.2) is 0 Å². The van der Waals surface area contributed by atoms with Gasteiger partial charge < -0.3 is 15.4 Å². The number of nitrogens with one attached hydrogen (secondary N) is 2. The zero-order valence-corrected chi connectivity index (χ0v) is 14.8. The van der Waals surface area contributed by atoms with E-state index in [2.05, 4.69) is 36.4 Å². The maximum absolute atomic E-state index is 8.97. The van der Waals surface area contributed by atoms with Crippen LogP contribution in [0.5, 0.6) is 0 Å². The molecule has 1 fully saturated rings. The molecule has 0 saturated carbocycles. The maximum atomic E-state index is 8.97. The van der Waals surface area contributed by atoms with Crippen molar-refractivity contribution in [1.29, 1.82) is 5.26 Å². The van der Waals surface area contributed by atoms with E-state index in [1.807, 2.05) is 10.6 Å². The van der Waals surface area contributed by atoms with Crippen molar-refractivity contribution >= 4 is 11.5 Å². The van der Waals surface area contributed by atoms with Crippen LogP contribution >= 0.6 is 0 Å². The van der Waals surface area contributed by atoms with Crippen LogP contribution in [0.3, 0.4) is 0 Å². The highest BCUT2D eigenvalue weighted by atomic mass is 16.4. The van der Waals surface area contributed by atoms with Crippen LogP contribution in [0.1, 0.15) is 12.0 Å². The molecule has 26 heavy (non-hydrogen) atoms. The minimum absolute atomic E-state index is 0.389. The van der Waals surface area contributed by atoms with E-state index in [-0.39, 0.29) is 0 Å². The van der Waals surface area contributed by atoms with Gasteiger partial charge >= 0.3 is 0 Å². The summed E-state index contributed by atoms with van der Waals surface area (Å²) >= 11 is 0. The zero-order valence-electron chi connectivity index (χ0n) is 14.8. The quantitative estimate of drug-likeness (QED) is 0.741. The van der Waals surface area contributed by atoms with Gasteiger partial charge in [-0.2, -0.15) is 5.26 Å². The molecule has 4 heterocycles. The van der Waals surface area contributed by atoms with Crippen LogP contribution in [0.2, 0.25) is 0 Å². The Balaban J connectivity index is 0.000000613. The van der Waals surface area contributed by atoms with Crippen LogP contribution in [-0.4, -0.2) is 52.7 Å². The largest absolute Gasteiger partial charge is 0.388 e. The van der Waals surface area contributed by atoms with E-state index in [1.165, 1.54) is 0 Å². The Morgan fingerprint density at radius 3 is 2.92 bits per heavy atom. The molecular weight excluding hydrogens is 330 g/mol. The van der Waals surface area contributed by atoms with Crippen LogP contribution in [0, 0.1) is 11.3 Å². The van der Waals surface area contributed by atoms with Crippen molar-refractivity contribution in [2.75, 3.05) is 32.6 Å². The molecule has 1 aliphatic rings. The summed E-state index contributed by atoms with van der Waals surface area (Å²) in [6.07, 6.45) is 8.12. The second kappa shape index (κ2) is 8.38. The highest BCUT2D eigenvalue weighted by molar-refractivity contribution is 5.62. The number of hydrogen-bond acceptors (Lipinski definition) is 7. The summed E-state index contributed by atoms with van der Waals surface area (Å²) in [6, 6.07) is 6.02. The van der Waals surface area contributed by atoms with Crippen molar-refractivity contribution in [1.82, 2.24) is 24.7 Å². The molecule has 1 saturated heterocycles. The van der Waals surface area contributed by atoms with Gasteiger partial charge in [-0.1, -0.05) is 0 Å². The van der Waals surface area contributed by atoms with Gasteiger partial charge in [0, 0.05) is 33.0 Å². The van der Waals surface area contributed by atoms with Crippen LogP contribution in [0.25, 0.3) is 17.0 Å². The molecular formula is C18H21N7O. The summed E-state index contributed by atoms with van der Waals surface area (Å²) in [7, 11) is 3.25. The van der Waals surface area contributed by atoms with Crippen molar-refractivity contribution in [2.24, 2.45) is 0 Å². The van der Waals surface area contributed by atoms with Crippen molar-refractivity contribution in [3.8, 4) is 17.5 Å². The number of hydrogen-bond donors (Lipinski definition) is 2. The molecule has 1 atom stereocenters. The number of anilines is 1. The summed E-state index contributed by atoms with van der Waals surface area (Å²) in [6.45, 7) is 1.97. The number of nitrogens with zero attached hydrogens (tertiary/aromatic N) is 5. The van der Waals surface area contributed by atoms with Crippen LogP contribution < -0.4 is 10.6 Å². The van der Waals surface area contributed by atoms with E-state index in [4.69, 9.17) is 5.26 Å². The van der Waals surface area contributed by atoms with Crippen molar-refractivity contribution in [3.05, 3.63) is 42.5 Å². The molecule has 0 radical (unpaired) electrons. The normalized spacial score (nSPS) is 16.0. The van der Waals surface area contributed by atoms with Gasteiger partial charge in [-0.25, -0.2) is 9.97 Å². The predicted molar refractivity (Wildman–Crippen MR) is 98.8 cm³/mol. The molecule has 0 amide bonds. The summed E-state index contributed by atoms with van der Waals surface area (Å²) in [5, 5.41) is 15.7. The molecule has 3 aromatic rings. The van der Waals surface area contributed by atoms with Crippen molar-refractivity contribution in [3.63, 3.8) is 0 Å². The lowest BCUT2D eigenvalue weighted by Crippen LogP contribution is -2.22. The zero-order chi connectivity index (χ0) is 18.4. The third-order valence-corrected chi connectivity index (χ3v) is 3.95. The number of nitriles is 1. The average Bonchev–Trinajstić information content (AvgIpc) is 3.31. The van der Waals surface area contributed by atoms with E-state index < -0.39 is 0 Å². The third-order valence-electron chi connectivity index (χ3n) is 3.95. The molecule has 8 nitrogen and oxygen atoms in total. The number of methoxy groups -OCH3 is 1. The second-order valence-corrected chi connectivity index (χ2v) is 5.93. The molecule has 8 heteroatoms. The van der Waals surface area contributed by atoms with Crippen LogP contribution in [0.15, 0.2) is 36.9 Å². The smallest absolute Gasteiger partial charge is 0.145 e. The first-order valence-electron chi connectivity index (χ1n) is 8.32. The maximum Gasteiger partial charge on any atom is 0.145 e. The lowest BCUT2D eigenvalue weighted by Gasteiger charge is -2.12. The van der Waals surface area contributed by atoms with Gasteiger partial charge in [-0.15, -0.1) is 0 Å². The Hall–Kier alpha value is -3.02. The summed E-state index contributed by atoms with van der Waals surface area (Å²) in [5.74, 6) is 0.764. The minimum Gasteiger partial charge on any atom is -0.388 e. The molecule has 0 aliphatic carbocycles. The molecule has 0 bridgehead atoms. The lowest BCUT2D eigenvalue weighted by atomic mass is 10.2. The molecule has 1 unspecified atom stereocenters. The number of ether oxygens (including phenoxy) is 1. The third kappa shape index (κ3) is 3.96. The topological polar surface area (TPSA) is 100 Å². The van der Waals surface area contributed by atoms with Gasteiger partial charge in [-0.05, 0) is 25.1 Å². The highest BCUT2D eigenvalue weighted by Gasteiger charge is 2.15. The monoisotopic (exact) mass is 351 g/mol. The molecule has 1 aliphatic heterocycles. The number of pyridine rings is 1. The summed E-state index contributed by atoms with van der Waals surface area (Å²) in [4.78, 5) is 13.3. The Kier molecular flexibility index (Phi) is 5.73. The predicted octanol–water partition coefficient (Wildman–Crippen LogP) is 1.70. The van der Waals surface area contributed by atoms with E-state index in [9.17, 15) is 0 Å². The van der Waals surface area contributed by atoms with Crippen LogP contribution in [-0.2, 0) is 4.74 Å². The fraction of sp³-hybridized carbons (Fsp3) is 0.333. The van der Waals surface area contributed by atoms with Gasteiger partial charge in [-0.3, -0.25) is 9.38 Å². The number of imidazole rings is 1. The van der Waals surface area contributed by atoms with Gasteiger partial charge in [0.05, 0.1) is 35.9 Å². The first-order chi connectivity index (χ1) is 12.7. The Bertz CT molecular complexity index is 909. The standard InChI is InChI=1S/C16H15N7.C2H6O/c17-6-11-2-4-23-14(9-20-16(23)5-11)13-8-19-10-15(22-13)21-12-1-3-18-7-12;1-3-2/h2,4-5,8-10,12,18H,1,3,7H2,(H,21,22);1-2H3. The average molecular weight is 351 g/mol. The van der Waals surface area contributed by atoms with Gasteiger partial charge in [0.2, 0.25) is 0 Å². The molecule has 134 valence electrons. The van der Waals surface area contributed by atoms with E-state index in [1.54, 1.807) is 44.9 Å². The van der Waals surface area contributed by atoms with Crippen molar-refractivity contribution in [2.45, 2.75) is 12.5 Å². The van der Waals surface area contributed by atoms with Crippen molar-refractivity contribution < 1.29 is 4.74 Å². The minimum atomic E-state index is 0.389. The van der Waals surface area contributed by atoms with E-state index >= 15 is 0 Å². The van der Waals surface area contributed by atoms with E-state index in [0.717, 1.165) is 42.4 Å². The second-order valence-electron chi connectivity index (χ2n) is 5.93. The Morgan fingerprint density at radius 2 is 2.19 bits per heavy atom. The molecule has 3 aromatic heterocycles. The van der Waals surface area contributed by atoms with Crippen LogP contribution in [0.4, 0.5) is 5.82 Å². The van der Waals surface area contributed by atoms with Gasteiger partial charge in [0.1, 0.15) is 17.2 Å². The van der Waals surface area contributed by atoms with E-state index in [0.29, 0.717) is 11.6 Å². The number of rotatable bonds is 3. The summed E-state index contributed by atoms with van der Waals surface area (Å²) in [5.41, 5.74) is 2.91. The number of fused-ring (bicyclic) bond motifs is 1. The molecule has 2 N–H and O–H groups in total. The van der Waals surface area contributed by atoms with Gasteiger partial charge in [0.25, 0.3) is 0 Å². The first-order valence-corrected chi connectivity index (χ1v) is 8.32. The Morgan fingerprint density at radius 1 is 1.35 bits per heavy atom. The fourth-order valence-corrected chi connectivity index (χ4v) is 2.79. The highest BCUT2D eigenvalue weighted by Crippen LogP contribution is 2.20. The Labute approximate surface area is 151 Å². The summed E-state index contributed by atoms with van der Waals surface area (Å²) < 4.78 is 6.16. The number of aromatic nitrogens is 4. The fourth-order valence-electron chi connectivity index (χ4n) is 2.79. The first kappa shape index (κ1) is 17.8. The lowest BCUT2D eigenvalue weighted by molar-refractivity contribution is 0.277. The molecule has 0 aromatic carbocycles.